The van der Waals surface area contributed by atoms with Crippen molar-refractivity contribution in [3.8, 4) is 0 Å². The molecule has 0 amide bonds. The maximum absolute atomic E-state index is 12.6. The van der Waals surface area contributed by atoms with E-state index in [2.05, 4.69) is 98.9 Å². The minimum atomic E-state index is -4.30. The molecule has 0 aliphatic heterocycles. The van der Waals surface area contributed by atoms with E-state index >= 15 is 0 Å². The van der Waals surface area contributed by atoms with Crippen molar-refractivity contribution in [2.45, 2.75) is 180 Å². The Labute approximate surface area is 349 Å². The van der Waals surface area contributed by atoms with E-state index in [9.17, 15) is 14.3 Å². The van der Waals surface area contributed by atoms with Crippen LogP contribution in [-0.2, 0) is 27.9 Å². The third-order valence-electron chi connectivity index (χ3n) is 9.05. The van der Waals surface area contributed by atoms with Crippen LogP contribution in [-0.4, -0.2) is 49.9 Å². The minimum Gasteiger partial charge on any atom is -0.457 e. The lowest BCUT2D eigenvalue weighted by molar-refractivity contribution is -0.154. The van der Waals surface area contributed by atoms with Crippen molar-refractivity contribution in [2.75, 3.05) is 33.0 Å². The second-order valence-electron chi connectivity index (χ2n) is 14.5. The summed E-state index contributed by atoms with van der Waals surface area (Å²) in [6, 6.07) is 0. The van der Waals surface area contributed by atoms with E-state index in [1.54, 1.807) is 0 Å². The largest absolute Gasteiger partial charge is 0.472 e. The lowest BCUT2D eigenvalue weighted by Crippen LogP contribution is -2.28. The Morgan fingerprint density at radius 3 is 1.49 bits per heavy atom. The molecule has 0 heterocycles. The molecule has 0 aromatic heterocycles. The summed E-state index contributed by atoms with van der Waals surface area (Å²) in [5.41, 5.74) is 5.37. The van der Waals surface area contributed by atoms with Gasteiger partial charge in [0.2, 0.25) is 0 Å². The van der Waals surface area contributed by atoms with Gasteiger partial charge in [0.25, 0.3) is 0 Å². The van der Waals surface area contributed by atoms with Gasteiger partial charge in [-0.05, 0) is 83.5 Å². The molecule has 0 fully saturated rings. The maximum Gasteiger partial charge on any atom is 0.472 e. The Kier molecular flexibility index (Phi) is 43.0. The molecule has 0 rings (SSSR count). The fourth-order valence-corrected chi connectivity index (χ4v) is 6.54. The average molecular weight is 818 g/mol. The van der Waals surface area contributed by atoms with E-state index in [0.717, 1.165) is 70.6 Å². The van der Waals surface area contributed by atoms with Crippen molar-refractivity contribution in [1.82, 2.24) is 0 Å². The second kappa shape index (κ2) is 44.8. The van der Waals surface area contributed by atoms with Crippen molar-refractivity contribution in [2.24, 2.45) is 5.73 Å². The predicted octanol–water partition coefficient (Wildman–Crippen LogP) is 13.7. The Hall–Kier alpha value is -2.32. The van der Waals surface area contributed by atoms with Gasteiger partial charge in [-0.2, -0.15) is 0 Å². The number of ether oxygens (including phenoxy) is 2. The highest BCUT2D eigenvalue weighted by molar-refractivity contribution is 7.47. The van der Waals surface area contributed by atoms with Crippen LogP contribution in [0, 0.1) is 0 Å². The average Bonchev–Trinajstić information content (AvgIpc) is 3.20. The molecule has 0 aliphatic rings. The zero-order chi connectivity index (χ0) is 41.6. The van der Waals surface area contributed by atoms with Crippen molar-refractivity contribution in [3.63, 3.8) is 0 Å². The summed E-state index contributed by atoms with van der Waals surface area (Å²) >= 11 is 0. The third kappa shape index (κ3) is 44.6. The standard InChI is InChI=1S/C48H84NO7P/c1-3-5-7-9-11-13-15-17-19-21-23-24-26-28-30-32-34-36-38-40-43-53-45-47(46-55-57(51,52)54-44-42-49)56-48(50)41-39-37-35-33-31-29-27-25-22-20-18-16-14-12-10-8-6-4-2/h5,7,11,13,17,19-20,22-24,28,30,34,36,47H,3-4,6,8-10,12,14-16,18,21,25-27,29,31-33,35,37-46,49H2,1-2H3,(H,51,52)/b7-5-,13-11-,19-17-,22-20-,24-23-,30-28-,36-34-. The highest BCUT2D eigenvalue weighted by Gasteiger charge is 2.25. The van der Waals surface area contributed by atoms with Gasteiger partial charge in [0.05, 0.1) is 19.8 Å². The van der Waals surface area contributed by atoms with E-state index in [-0.39, 0.29) is 32.3 Å². The van der Waals surface area contributed by atoms with E-state index in [1.165, 1.54) is 83.5 Å². The van der Waals surface area contributed by atoms with Crippen molar-refractivity contribution in [3.05, 3.63) is 85.1 Å². The molecule has 0 aromatic rings. The Balaban J connectivity index is 4.15. The first kappa shape index (κ1) is 54.7. The number of allylic oxidation sites excluding steroid dienone is 14. The van der Waals surface area contributed by atoms with Crippen LogP contribution < -0.4 is 5.73 Å². The fraction of sp³-hybridized carbons (Fsp3) is 0.688. The summed E-state index contributed by atoms with van der Waals surface area (Å²) in [6.45, 7) is 4.63. The van der Waals surface area contributed by atoms with E-state index < -0.39 is 13.9 Å². The van der Waals surface area contributed by atoms with Crippen molar-refractivity contribution < 1.29 is 32.8 Å². The molecule has 328 valence electrons. The number of phosphoric acid groups is 1. The van der Waals surface area contributed by atoms with Gasteiger partial charge in [-0.15, -0.1) is 0 Å². The molecule has 0 saturated heterocycles. The van der Waals surface area contributed by atoms with Gasteiger partial charge in [0, 0.05) is 19.6 Å². The van der Waals surface area contributed by atoms with Gasteiger partial charge in [-0.3, -0.25) is 13.8 Å². The molecule has 8 nitrogen and oxygen atoms in total. The topological polar surface area (TPSA) is 117 Å². The van der Waals surface area contributed by atoms with Gasteiger partial charge >= 0.3 is 13.8 Å². The first-order valence-corrected chi connectivity index (χ1v) is 24.1. The molecule has 0 bridgehead atoms. The Bertz CT molecular complexity index is 1140. The van der Waals surface area contributed by atoms with Gasteiger partial charge < -0.3 is 20.1 Å². The summed E-state index contributed by atoms with van der Waals surface area (Å²) in [6.07, 6.45) is 57.6. The number of carbonyl (C=O) groups excluding carboxylic acids is 1. The molecule has 0 radical (unpaired) electrons. The normalized spacial score (nSPS) is 14.2. The van der Waals surface area contributed by atoms with Gasteiger partial charge in [-0.1, -0.05) is 170 Å². The number of phosphoric ester groups is 1. The number of rotatable bonds is 42. The van der Waals surface area contributed by atoms with E-state index in [4.69, 9.17) is 24.3 Å². The first-order valence-electron chi connectivity index (χ1n) is 22.6. The zero-order valence-corrected chi connectivity index (χ0v) is 37.2. The Morgan fingerprint density at radius 1 is 0.544 bits per heavy atom. The summed E-state index contributed by atoms with van der Waals surface area (Å²) in [4.78, 5) is 22.5. The molecule has 9 heteroatoms. The monoisotopic (exact) mass is 818 g/mol. The van der Waals surface area contributed by atoms with Crippen LogP contribution in [0.15, 0.2) is 85.1 Å². The molecule has 2 atom stereocenters. The summed E-state index contributed by atoms with van der Waals surface area (Å²) in [5.74, 6) is -0.357. The number of unbranched alkanes of at least 4 members (excludes halogenated alkanes) is 15. The van der Waals surface area contributed by atoms with Crippen molar-refractivity contribution >= 4 is 13.8 Å². The third-order valence-corrected chi connectivity index (χ3v) is 10.0. The lowest BCUT2D eigenvalue weighted by atomic mass is 10.1. The van der Waals surface area contributed by atoms with Crippen LogP contribution in [0.25, 0.3) is 0 Å². The zero-order valence-electron chi connectivity index (χ0n) is 36.3. The summed E-state index contributed by atoms with van der Waals surface area (Å²) < 4.78 is 33.4. The minimum absolute atomic E-state index is 0.0701. The molecular weight excluding hydrogens is 734 g/mol. The van der Waals surface area contributed by atoms with E-state index in [1.807, 2.05) is 0 Å². The van der Waals surface area contributed by atoms with E-state index in [0.29, 0.717) is 13.0 Å². The maximum atomic E-state index is 12.6. The molecule has 57 heavy (non-hydrogen) atoms. The number of hydrogen-bond donors (Lipinski definition) is 2. The van der Waals surface area contributed by atoms with Crippen LogP contribution in [0.2, 0.25) is 0 Å². The molecule has 0 aromatic carbocycles. The van der Waals surface area contributed by atoms with Gasteiger partial charge in [0.1, 0.15) is 6.10 Å². The van der Waals surface area contributed by atoms with Crippen LogP contribution in [0.3, 0.4) is 0 Å². The number of carbonyl (C=O) groups is 1. The van der Waals surface area contributed by atoms with Gasteiger partial charge in [-0.25, -0.2) is 4.57 Å². The first-order chi connectivity index (χ1) is 27.9. The number of nitrogens with two attached hydrogens (primary N) is 1. The molecule has 0 spiro atoms. The van der Waals surface area contributed by atoms with Crippen LogP contribution >= 0.6 is 7.82 Å². The lowest BCUT2D eigenvalue weighted by Gasteiger charge is -2.20. The SMILES string of the molecule is CC/C=C\C/C=C\C/C=C\C/C=C\C/C=C\C/C=C\CCCOCC(COP(=O)(O)OCCN)OC(=O)CCCCCCCCC/C=C\CCCCCCCCC. The van der Waals surface area contributed by atoms with Gasteiger partial charge in [0.15, 0.2) is 0 Å². The molecule has 2 unspecified atom stereocenters. The smallest absolute Gasteiger partial charge is 0.457 e. The predicted molar refractivity (Wildman–Crippen MR) is 242 cm³/mol. The van der Waals surface area contributed by atoms with Crippen LogP contribution in [0.4, 0.5) is 0 Å². The Morgan fingerprint density at radius 2 is 0.982 bits per heavy atom. The molecule has 3 N–H and O–H groups in total. The second-order valence-corrected chi connectivity index (χ2v) is 16.0. The fourth-order valence-electron chi connectivity index (χ4n) is 5.77. The highest BCUT2D eigenvalue weighted by atomic mass is 31.2. The summed E-state index contributed by atoms with van der Waals surface area (Å²) in [5, 5.41) is 0. The highest BCUT2D eigenvalue weighted by Crippen LogP contribution is 2.43. The van der Waals surface area contributed by atoms with Crippen molar-refractivity contribution in [1.29, 1.82) is 0 Å². The molecule has 0 aliphatic carbocycles. The number of esters is 1. The quantitative estimate of drug-likeness (QED) is 0.0271. The van der Waals surface area contributed by atoms with Crippen LogP contribution in [0.5, 0.6) is 0 Å². The van der Waals surface area contributed by atoms with Crippen LogP contribution in [0.1, 0.15) is 174 Å². The molecular formula is C48H84NO7P. The molecule has 0 saturated carbocycles. The number of hydrogen-bond acceptors (Lipinski definition) is 7. The summed E-state index contributed by atoms with van der Waals surface area (Å²) in [7, 11) is -4.30.